The van der Waals surface area contributed by atoms with E-state index in [0.717, 1.165) is 16.3 Å². The quantitative estimate of drug-likeness (QED) is 0.354. The van der Waals surface area contributed by atoms with Gasteiger partial charge in [-0.05, 0) is 17.0 Å². The largest absolute Gasteiger partial charge is 0.356 e. The number of carbonyl (C=O) groups is 1. The van der Waals surface area contributed by atoms with Crippen LogP contribution in [0.25, 0.3) is 16.8 Å². The molecule has 0 spiro atoms. The number of carbonyl (C=O) groups excluding carboxylic acids is 1. The van der Waals surface area contributed by atoms with E-state index in [1.807, 2.05) is 84.9 Å². The Bertz CT molecular complexity index is 1130. The van der Waals surface area contributed by atoms with Crippen LogP contribution in [0.4, 0.5) is 5.69 Å². The van der Waals surface area contributed by atoms with Crippen LogP contribution < -0.4 is 4.90 Å². The van der Waals surface area contributed by atoms with Crippen molar-refractivity contribution < 1.29 is 18.4 Å². The zero-order valence-electron chi connectivity index (χ0n) is 17.0. The standard InChI is InChI=1S/C24H24NO4P/c1-28-30(27,29-2)24(17-9-12-19-10-4-3-5-11-19)18-23(26)25(24)22-16-8-14-20-13-6-7-15-21(20)22/h3-16H,17-18H2,1-2H3/b12-9+. The lowest BCUT2D eigenvalue weighted by Crippen LogP contribution is -2.63. The summed E-state index contributed by atoms with van der Waals surface area (Å²) in [6, 6.07) is 23.5. The number of fused-ring (bicyclic) bond motifs is 1. The van der Waals surface area contributed by atoms with Gasteiger partial charge in [-0.25, -0.2) is 0 Å². The molecule has 0 N–H and O–H groups in total. The SMILES string of the molecule is COP(=O)(OC)C1(C/C=C/c2ccccc2)CC(=O)N1c1cccc2ccccc12. The Kier molecular flexibility index (Phi) is 5.61. The number of nitrogens with zero attached hydrogens (tertiary/aromatic N) is 1. The summed E-state index contributed by atoms with van der Waals surface area (Å²) in [6.45, 7) is 0. The van der Waals surface area contributed by atoms with Crippen LogP contribution in [0, 0.1) is 0 Å². The highest BCUT2D eigenvalue weighted by Gasteiger charge is 2.64. The Morgan fingerprint density at radius 1 is 0.967 bits per heavy atom. The van der Waals surface area contributed by atoms with Crippen LogP contribution in [0.1, 0.15) is 18.4 Å². The summed E-state index contributed by atoms with van der Waals surface area (Å²) in [6.07, 6.45) is 4.33. The van der Waals surface area contributed by atoms with Crippen LogP contribution in [-0.4, -0.2) is 25.4 Å². The van der Waals surface area contributed by atoms with Gasteiger partial charge in [-0.1, -0.05) is 78.9 Å². The predicted molar refractivity (Wildman–Crippen MR) is 120 cm³/mol. The van der Waals surface area contributed by atoms with Crippen molar-refractivity contribution in [3.05, 3.63) is 84.4 Å². The molecule has 0 bridgehead atoms. The van der Waals surface area contributed by atoms with Crippen LogP contribution in [0.15, 0.2) is 78.9 Å². The number of rotatable bonds is 7. The third kappa shape index (κ3) is 3.29. The van der Waals surface area contributed by atoms with Crippen molar-refractivity contribution in [3.8, 4) is 0 Å². The van der Waals surface area contributed by atoms with Gasteiger partial charge in [0.05, 0.1) is 12.1 Å². The molecule has 1 fully saturated rings. The van der Waals surface area contributed by atoms with Crippen LogP contribution in [-0.2, 0) is 18.4 Å². The molecule has 1 saturated heterocycles. The van der Waals surface area contributed by atoms with E-state index in [9.17, 15) is 9.36 Å². The maximum absolute atomic E-state index is 13.7. The number of β-lactam (4-membered cyclic amide) rings is 1. The van der Waals surface area contributed by atoms with Crippen LogP contribution >= 0.6 is 7.60 Å². The highest BCUT2D eigenvalue weighted by Crippen LogP contribution is 2.68. The minimum Gasteiger partial charge on any atom is -0.310 e. The van der Waals surface area contributed by atoms with Gasteiger partial charge in [0.1, 0.15) is 0 Å². The Balaban J connectivity index is 1.80. The first kappa shape index (κ1) is 20.5. The normalized spacial score (nSPS) is 19.4. The van der Waals surface area contributed by atoms with Gasteiger partial charge in [0, 0.05) is 26.0 Å². The molecule has 1 aliphatic heterocycles. The van der Waals surface area contributed by atoms with E-state index in [1.54, 1.807) is 4.90 Å². The zero-order chi connectivity index (χ0) is 21.2. The fourth-order valence-corrected chi connectivity index (χ4v) is 6.11. The van der Waals surface area contributed by atoms with Crippen molar-refractivity contribution in [2.75, 3.05) is 19.1 Å². The second-order valence-corrected chi connectivity index (χ2v) is 9.82. The molecule has 1 unspecified atom stereocenters. The maximum Gasteiger partial charge on any atom is 0.356 e. The van der Waals surface area contributed by atoms with Gasteiger partial charge in [0.25, 0.3) is 0 Å². The summed E-state index contributed by atoms with van der Waals surface area (Å²) in [5.41, 5.74) is 1.74. The molecule has 1 atom stereocenters. The summed E-state index contributed by atoms with van der Waals surface area (Å²) in [5, 5.41) is 0.833. The highest BCUT2D eigenvalue weighted by molar-refractivity contribution is 7.56. The first-order valence-corrected chi connectivity index (χ1v) is 11.3. The van der Waals surface area contributed by atoms with Crippen LogP contribution in [0.3, 0.4) is 0 Å². The molecule has 1 heterocycles. The van der Waals surface area contributed by atoms with Gasteiger partial charge >= 0.3 is 7.60 Å². The first-order chi connectivity index (χ1) is 14.5. The third-order valence-electron chi connectivity index (χ3n) is 5.65. The van der Waals surface area contributed by atoms with Crippen molar-refractivity contribution in [3.63, 3.8) is 0 Å². The van der Waals surface area contributed by atoms with E-state index < -0.39 is 12.9 Å². The zero-order valence-corrected chi connectivity index (χ0v) is 17.9. The second kappa shape index (κ2) is 8.19. The average Bonchev–Trinajstić information content (AvgIpc) is 2.78. The topological polar surface area (TPSA) is 55.8 Å². The monoisotopic (exact) mass is 421 g/mol. The van der Waals surface area contributed by atoms with Gasteiger partial charge in [-0.3, -0.25) is 14.3 Å². The smallest absolute Gasteiger partial charge is 0.310 e. The molecule has 1 amide bonds. The summed E-state index contributed by atoms with van der Waals surface area (Å²) in [5.74, 6) is -0.103. The lowest BCUT2D eigenvalue weighted by Gasteiger charge is -2.53. The molecule has 1 aliphatic rings. The molecule has 4 rings (SSSR count). The van der Waals surface area contributed by atoms with E-state index in [4.69, 9.17) is 9.05 Å². The molecule has 5 nitrogen and oxygen atoms in total. The Labute approximate surface area is 176 Å². The van der Waals surface area contributed by atoms with Crippen LogP contribution in [0.5, 0.6) is 0 Å². The molecule has 0 aliphatic carbocycles. The molecule has 3 aromatic rings. The third-order valence-corrected chi connectivity index (χ3v) is 8.17. The van der Waals surface area contributed by atoms with Gasteiger partial charge < -0.3 is 9.05 Å². The fourth-order valence-electron chi connectivity index (χ4n) is 4.16. The molecule has 0 saturated carbocycles. The predicted octanol–water partition coefficient (Wildman–Crippen LogP) is 5.86. The Morgan fingerprint density at radius 2 is 1.63 bits per heavy atom. The summed E-state index contributed by atoms with van der Waals surface area (Å²) < 4.78 is 24.5. The second-order valence-electron chi connectivity index (χ2n) is 7.27. The summed E-state index contributed by atoms with van der Waals surface area (Å²) in [7, 11) is -0.877. The van der Waals surface area contributed by atoms with Crippen molar-refractivity contribution >= 4 is 36.0 Å². The molecule has 6 heteroatoms. The van der Waals surface area contributed by atoms with E-state index in [0.29, 0.717) is 12.1 Å². The number of anilines is 1. The van der Waals surface area contributed by atoms with E-state index in [-0.39, 0.29) is 12.3 Å². The van der Waals surface area contributed by atoms with Gasteiger partial charge in [0.2, 0.25) is 5.91 Å². The Morgan fingerprint density at radius 3 is 2.33 bits per heavy atom. The minimum absolute atomic E-state index is 0.0916. The lowest BCUT2D eigenvalue weighted by molar-refractivity contribution is -0.125. The van der Waals surface area contributed by atoms with Crippen molar-refractivity contribution in [2.24, 2.45) is 0 Å². The molecular formula is C24H24NO4P. The van der Waals surface area contributed by atoms with E-state index >= 15 is 0 Å². The maximum atomic E-state index is 13.7. The van der Waals surface area contributed by atoms with Gasteiger partial charge in [-0.15, -0.1) is 0 Å². The molecule has 0 aromatic heterocycles. The van der Waals surface area contributed by atoms with Crippen molar-refractivity contribution in [1.82, 2.24) is 0 Å². The molecular weight excluding hydrogens is 397 g/mol. The fraction of sp³-hybridized carbons (Fsp3) is 0.208. The minimum atomic E-state index is -3.62. The Hall–Kier alpha value is -2.72. The molecule has 30 heavy (non-hydrogen) atoms. The lowest BCUT2D eigenvalue weighted by atomic mass is 9.94. The summed E-state index contributed by atoms with van der Waals surface area (Å²) >= 11 is 0. The highest BCUT2D eigenvalue weighted by atomic mass is 31.2. The number of benzene rings is 3. The average molecular weight is 421 g/mol. The van der Waals surface area contributed by atoms with Crippen LogP contribution in [0.2, 0.25) is 0 Å². The number of amides is 1. The van der Waals surface area contributed by atoms with Gasteiger partial charge in [0.15, 0.2) is 5.28 Å². The summed E-state index contributed by atoms with van der Waals surface area (Å²) in [4.78, 5) is 14.5. The number of hydrogen-bond acceptors (Lipinski definition) is 4. The van der Waals surface area contributed by atoms with Crippen molar-refractivity contribution in [1.29, 1.82) is 0 Å². The molecule has 3 aromatic carbocycles. The molecule has 154 valence electrons. The molecule has 0 radical (unpaired) electrons. The first-order valence-electron chi connectivity index (χ1n) is 9.79. The van der Waals surface area contributed by atoms with Crippen molar-refractivity contribution in [2.45, 2.75) is 18.1 Å². The van der Waals surface area contributed by atoms with E-state index in [2.05, 4.69) is 0 Å². The number of hydrogen-bond donors (Lipinski definition) is 0. The van der Waals surface area contributed by atoms with E-state index in [1.165, 1.54) is 14.2 Å². The van der Waals surface area contributed by atoms with Gasteiger partial charge in [-0.2, -0.15) is 0 Å².